The zero-order chi connectivity index (χ0) is 25.8. The van der Waals surface area contributed by atoms with Gasteiger partial charge < -0.3 is 25.7 Å². The number of nitrogens with zero attached hydrogens (tertiary/aromatic N) is 2. The Bertz CT molecular complexity index is 978. The molecule has 1 aliphatic rings. The Morgan fingerprint density at radius 3 is 1.78 bits per heavy atom. The third-order valence-corrected chi connectivity index (χ3v) is 6.04. The number of benzene rings is 2. The highest BCUT2D eigenvalue weighted by Gasteiger charge is 2.48. The maximum absolute atomic E-state index is 12.8. The van der Waals surface area contributed by atoms with E-state index in [0.717, 1.165) is 19.4 Å². The molecule has 0 unspecified atom stereocenters. The summed E-state index contributed by atoms with van der Waals surface area (Å²) in [7, 11) is 0. The minimum atomic E-state index is -1.82. The molecule has 1 saturated heterocycles. The van der Waals surface area contributed by atoms with Gasteiger partial charge in [-0.3, -0.25) is 9.69 Å². The van der Waals surface area contributed by atoms with E-state index in [4.69, 9.17) is 19.8 Å². The third-order valence-electron chi connectivity index (χ3n) is 6.04. The summed E-state index contributed by atoms with van der Waals surface area (Å²) >= 11 is 0. The van der Waals surface area contributed by atoms with Crippen LogP contribution < -0.4 is 4.90 Å². The number of carboxylic acids is 3. The van der Waals surface area contributed by atoms with Crippen LogP contribution in [0.1, 0.15) is 38.2 Å². The number of likely N-dealkylation sites (tertiary alicyclic amines) is 1. The number of piperidine rings is 1. The second-order valence-electron chi connectivity index (χ2n) is 8.30. The van der Waals surface area contributed by atoms with Gasteiger partial charge in [0.1, 0.15) is 5.54 Å². The molecule has 1 fully saturated rings. The Morgan fingerprint density at radius 2 is 1.35 bits per heavy atom. The monoisotopic (exact) mass is 517 g/mol. The summed E-state index contributed by atoms with van der Waals surface area (Å²) < 4.78 is 0. The van der Waals surface area contributed by atoms with Gasteiger partial charge in [-0.1, -0.05) is 62.9 Å². The lowest BCUT2D eigenvalue weighted by Gasteiger charge is -2.46. The number of carbonyl (C=O) groups is 4. The maximum atomic E-state index is 12.8. The molecule has 1 radical (unpaired) electrons. The van der Waals surface area contributed by atoms with Gasteiger partial charge >= 0.3 is 17.9 Å². The van der Waals surface area contributed by atoms with Crippen LogP contribution in [0.2, 0.25) is 0 Å². The standard InChI is InChI=1S/C24H30N2O3.C2H2O4.CH3.H2O/c1-2-22(27)26(21-13-7-4-8-14-21)24(23(28)29)15-18-25(19-16-24)17-9-12-20-10-5-3-6-11-20;3-1(4)2(5)6;;/h3-8,10-11,13-14H,2,9,12,15-19H2,1H3,(H,28,29);(H,3,4)(H,5,6);1H3;1H2. The molecular formula is C27H37N2O8. The minimum Gasteiger partial charge on any atom is -0.479 e. The van der Waals surface area contributed by atoms with Crippen molar-refractivity contribution in [2.75, 3.05) is 24.5 Å². The highest BCUT2D eigenvalue weighted by Crippen LogP contribution is 2.34. The van der Waals surface area contributed by atoms with E-state index in [9.17, 15) is 14.7 Å². The Kier molecular flexibility index (Phi) is 14.4. The molecule has 1 aliphatic heterocycles. The number of aliphatic carboxylic acids is 3. The number of rotatable bonds is 8. The highest BCUT2D eigenvalue weighted by atomic mass is 16.4. The highest BCUT2D eigenvalue weighted by molar-refractivity contribution is 6.27. The van der Waals surface area contributed by atoms with Crippen LogP contribution in [0.25, 0.3) is 0 Å². The zero-order valence-electron chi connectivity index (χ0n) is 21.3. The zero-order valence-corrected chi connectivity index (χ0v) is 21.3. The van der Waals surface area contributed by atoms with E-state index in [2.05, 4.69) is 29.2 Å². The van der Waals surface area contributed by atoms with E-state index in [-0.39, 0.29) is 25.2 Å². The summed E-state index contributed by atoms with van der Waals surface area (Å²) in [5, 5.41) is 24.9. The quantitative estimate of drug-likeness (QED) is 0.449. The summed E-state index contributed by atoms with van der Waals surface area (Å²) in [5.74, 6) is -4.70. The first-order chi connectivity index (χ1) is 16.7. The van der Waals surface area contributed by atoms with Crippen LogP contribution in [0, 0.1) is 7.43 Å². The van der Waals surface area contributed by atoms with Crippen molar-refractivity contribution in [3.8, 4) is 0 Å². The van der Waals surface area contributed by atoms with Gasteiger partial charge in [-0.2, -0.15) is 0 Å². The lowest BCUT2D eigenvalue weighted by molar-refractivity contribution is -0.159. The van der Waals surface area contributed by atoms with Crippen LogP contribution in [0.4, 0.5) is 5.69 Å². The molecule has 203 valence electrons. The van der Waals surface area contributed by atoms with Crippen molar-refractivity contribution in [2.24, 2.45) is 0 Å². The molecular weight excluding hydrogens is 480 g/mol. The number of carbonyl (C=O) groups excluding carboxylic acids is 1. The van der Waals surface area contributed by atoms with E-state index in [1.807, 2.05) is 36.4 Å². The van der Waals surface area contributed by atoms with Crippen molar-refractivity contribution >= 4 is 29.5 Å². The summed E-state index contributed by atoms with van der Waals surface area (Å²) in [5.41, 5.74) is 0.817. The number of anilines is 1. The van der Waals surface area contributed by atoms with Gasteiger partial charge in [-0.05, 0) is 49.9 Å². The van der Waals surface area contributed by atoms with Crippen molar-refractivity contribution in [1.82, 2.24) is 4.90 Å². The SMILES string of the molecule is CCC(=O)N(c1ccccc1)C1(C(=O)O)CCN(CCCc2ccccc2)CC1.O.O=C(O)C(=O)O.[CH3]. The normalized spacial score (nSPS) is 14.0. The maximum Gasteiger partial charge on any atom is 0.414 e. The fraction of sp³-hybridized carbons (Fsp3) is 0.370. The number of aryl methyl sites for hydroxylation is 1. The predicted molar refractivity (Wildman–Crippen MR) is 140 cm³/mol. The second-order valence-corrected chi connectivity index (χ2v) is 8.30. The van der Waals surface area contributed by atoms with Gasteiger partial charge in [0, 0.05) is 25.2 Å². The molecule has 0 saturated carbocycles. The molecule has 0 aliphatic carbocycles. The number of amides is 1. The lowest BCUT2D eigenvalue weighted by atomic mass is 9.84. The van der Waals surface area contributed by atoms with Crippen LogP contribution in [0.5, 0.6) is 0 Å². The first kappa shape index (κ1) is 33.2. The lowest BCUT2D eigenvalue weighted by Crippen LogP contribution is -2.62. The molecule has 3 rings (SSSR count). The molecule has 10 nitrogen and oxygen atoms in total. The Labute approximate surface area is 217 Å². The largest absolute Gasteiger partial charge is 0.479 e. The average molecular weight is 518 g/mol. The fourth-order valence-corrected chi connectivity index (χ4v) is 4.20. The van der Waals surface area contributed by atoms with Crippen molar-refractivity contribution in [3.05, 3.63) is 73.7 Å². The molecule has 0 bridgehead atoms. The topological polar surface area (TPSA) is 167 Å². The van der Waals surface area contributed by atoms with Crippen molar-refractivity contribution in [2.45, 2.75) is 44.6 Å². The van der Waals surface area contributed by atoms with Crippen molar-refractivity contribution in [3.63, 3.8) is 0 Å². The van der Waals surface area contributed by atoms with E-state index in [0.29, 0.717) is 31.6 Å². The molecule has 10 heteroatoms. The molecule has 0 aromatic heterocycles. The van der Waals surface area contributed by atoms with Gasteiger partial charge in [-0.25, -0.2) is 14.4 Å². The molecule has 1 amide bonds. The third kappa shape index (κ3) is 9.32. The Balaban J connectivity index is 0.00000145. The molecule has 5 N–H and O–H groups in total. The van der Waals surface area contributed by atoms with Crippen molar-refractivity contribution in [1.29, 1.82) is 0 Å². The Hall–Kier alpha value is -3.76. The molecule has 1 heterocycles. The number of hydrogen-bond acceptors (Lipinski definition) is 5. The fourth-order valence-electron chi connectivity index (χ4n) is 4.20. The van der Waals surface area contributed by atoms with E-state index in [1.54, 1.807) is 6.92 Å². The van der Waals surface area contributed by atoms with Crippen LogP contribution in [0.3, 0.4) is 0 Å². The molecule has 37 heavy (non-hydrogen) atoms. The second kappa shape index (κ2) is 16.1. The first-order valence-electron chi connectivity index (χ1n) is 11.5. The van der Waals surface area contributed by atoms with Crippen molar-refractivity contribution < 1.29 is 40.0 Å². The number of para-hydroxylation sites is 1. The first-order valence-corrected chi connectivity index (χ1v) is 11.5. The summed E-state index contributed by atoms with van der Waals surface area (Å²) in [4.78, 5) is 47.2. The van der Waals surface area contributed by atoms with Crippen LogP contribution in [-0.2, 0) is 25.6 Å². The van der Waals surface area contributed by atoms with Gasteiger partial charge in [0.25, 0.3) is 0 Å². The summed E-state index contributed by atoms with van der Waals surface area (Å²) in [6.07, 6.45) is 3.22. The average Bonchev–Trinajstić information content (AvgIpc) is 2.86. The molecule has 2 aromatic rings. The van der Waals surface area contributed by atoms with Crippen LogP contribution in [-0.4, -0.2) is 74.7 Å². The smallest absolute Gasteiger partial charge is 0.414 e. The number of hydrogen-bond donors (Lipinski definition) is 3. The van der Waals surface area contributed by atoms with Gasteiger partial charge in [0.15, 0.2) is 0 Å². The molecule has 2 aromatic carbocycles. The Morgan fingerprint density at radius 1 is 0.865 bits per heavy atom. The molecule has 0 atom stereocenters. The van der Waals surface area contributed by atoms with Crippen LogP contribution >= 0.6 is 0 Å². The van der Waals surface area contributed by atoms with Crippen LogP contribution in [0.15, 0.2) is 60.7 Å². The van der Waals surface area contributed by atoms with E-state index < -0.39 is 23.4 Å². The summed E-state index contributed by atoms with van der Waals surface area (Å²) in [6.45, 7) is 4.09. The minimum absolute atomic E-state index is 0. The summed E-state index contributed by atoms with van der Waals surface area (Å²) in [6, 6.07) is 19.6. The van der Waals surface area contributed by atoms with E-state index in [1.165, 1.54) is 10.5 Å². The van der Waals surface area contributed by atoms with Gasteiger partial charge in [0.05, 0.1) is 0 Å². The van der Waals surface area contributed by atoms with E-state index >= 15 is 0 Å². The molecule has 0 spiro atoms. The number of carboxylic acid groups (broad SMARTS) is 3. The van der Waals surface area contributed by atoms with Gasteiger partial charge in [0.2, 0.25) is 5.91 Å². The predicted octanol–water partition coefficient (Wildman–Crippen LogP) is 2.76. The van der Waals surface area contributed by atoms with Gasteiger partial charge in [-0.15, -0.1) is 0 Å².